The molecule has 6 aromatic rings. The Labute approximate surface area is 779 Å². The monoisotopic (exact) mass is 1900 g/mol. The average Bonchev–Trinajstić information content (AvgIpc) is 1.61. The van der Waals surface area contributed by atoms with Crippen molar-refractivity contribution in [1.82, 2.24) is 59.6 Å². The van der Waals surface area contributed by atoms with E-state index in [1.54, 1.807) is 118 Å². The molecular weight excluding hydrogens is 1780 g/mol. The quantitative estimate of drug-likeness (QED) is 0.00806. The van der Waals surface area contributed by atoms with Crippen LogP contribution in [0.25, 0.3) is 10.9 Å². The summed E-state index contributed by atoms with van der Waals surface area (Å²) < 4.78 is 68.5. The topological polar surface area (TPSA) is 531 Å². The summed E-state index contributed by atoms with van der Waals surface area (Å²) >= 11 is 1.31. The van der Waals surface area contributed by atoms with Gasteiger partial charge in [0.15, 0.2) is 29.0 Å². The van der Waals surface area contributed by atoms with E-state index < -0.39 is 147 Å². The first-order valence-electron chi connectivity index (χ1n) is 44.2. The molecule has 2 aromatic carbocycles. The van der Waals surface area contributed by atoms with Crippen molar-refractivity contribution in [3.63, 3.8) is 0 Å². The molecule has 2 saturated heterocycles. The number of anilines is 2. The maximum absolute atomic E-state index is 14.2. The molecule has 724 valence electrons. The highest BCUT2D eigenvalue weighted by Gasteiger charge is 2.46. The number of ketones is 7. The van der Waals surface area contributed by atoms with Crippen LogP contribution in [0, 0.1) is 18.8 Å². The number of hydrogen-bond donors (Lipinski definition) is 8. The number of aryl methyl sites for hydroxylation is 4. The Morgan fingerprint density at radius 3 is 2.03 bits per heavy atom. The molecule has 6 atom stereocenters. The number of ether oxygens (including phenoxy) is 5. The number of benzene rings is 2. The lowest BCUT2D eigenvalue weighted by molar-refractivity contribution is -0.139. The molecule has 0 radical (unpaired) electrons. The first-order valence-corrected chi connectivity index (χ1v) is 47.0. The number of Topliss-reactive ketones (excluding diaryl/α,β-unsaturated/α-hetero) is 7. The van der Waals surface area contributed by atoms with Crippen LogP contribution >= 0.6 is 11.8 Å². The normalized spacial score (nSPS) is 15.4. The molecule has 0 bridgehead atoms. The molecule has 4 aromatic heterocycles. The van der Waals surface area contributed by atoms with Gasteiger partial charge in [0, 0.05) is 187 Å². The van der Waals surface area contributed by atoms with Crippen molar-refractivity contribution in [3.05, 3.63) is 130 Å². The van der Waals surface area contributed by atoms with Crippen LogP contribution in [0.2, 0.25) is 0 Å². The van der Waals surface area contributed by atoms with Crippen LogP contribution in [-0.4, -0.2) is 273 Å². The van der Waals surface area contributed by atoms with Gasteiger partial charge in [-0.3, -0.25) is 95.5 Å². The summed E-state index contributed by atoms with van der Waals surface area (Å²) in [5, 5.41) is 17.1. The van der Waals surface area contributed by atoms with Gasteiger partial charge < -0.3 is 79.5 Å². The molecule has 7 heterocycles. The predicted octanol–water partition coefficient (Wildman–Crippen LogP) is 5.14. The molecule has 40 nitrogen and oxygen atoms in total. The maximum Gasteiger partial charge on any atom is 0.407 e. The number of rotatable bonds is 56. The zero-order valence-corrected chi connectivity index (χ0v) is 78.3. The van der Waals surface area contributed by atoms with Crippen LogP contribution in [0.15, 0.2) is 85.5 Å². The molecule has 3 aliphatic rings. The van der Waals surface area contributed by atoms with Crippen LogP contribution in [-0.2, 0) is 132 Å². The number of nitrogens with zero attached hydrogens (tertiary/aromatic N) is 7. The number of imide groups is 1. The fourth-order valence-electron chi connectivity index (χ4n) is 15.6. The SMILES string of the molecule is C=C1C[C@H]2C(S(=O)(=O)O)Cc3cc(OCCCC(=O)Nc4cn(C)c(C(=O)Cc5cc(C(=O)Nc6cc(C(=O)n7ccc8cc(CC(=O)[C@H](C)NC(=O)[C@@H](NC(=O)CCNC(=O)OCC(CC(=O)CNC(=O)CCC(=O)CNC(=O)CCC(=O)CCOCCOCCCC(=O)CCN9C(=O)CC(SC)C9=O)C(=O)CCCOC)C(C)C)ccc87)n(C)c6)n(C)c5)n4)c(C)cc3C(=O)N2C1. The van der Waals surface area contributed by atoms with Gasteiger partial charge in [-0.2, -0.15) is 20.2 Å². The van der Waals surface area contributed by atoms with Crippen LogP contribution in [0.3, 0.4) is 0 Å². The van der Waals surface area contributed by atoms with E-state index in [4.69, 9.17) is 23.7 Å². The number of nitrogens with one attached hydrogen (secondary N) is 7. The van der Waals surface area contributed by atoms with Crippen LogP contribution in [0.5, 0.6) is 5.75 Å². The van der Waals surface area contributed by atoms with Crippen molar-refractivity contribution in [1.29, 1.82) is 0 Å². The summed E-state index contributed by atoms with van der Waals surface area (Å²) in [4.78, 5) is 241. The van der Waals surface area contributed by atoms with Crippen molar-refractivity contribution in [3.8, 4) is 5.75 Å². The van der Waals surface area contributed by atoms with Gasteiger partial charge >= 0.3 is 6.09 Å². The number of methoxy groups -OCH3 is 1. The Balaban J connectivity index is 0.629. The fourth-order valence-corrected chi connectivity index (χ4v) is 17.2. The molecule has 0 saturated carbocycles. The Morgan fingerprint density at radius 2 is 1.33 bits per heavy atom. The minimum Gasteiger partial charge on any atom is -0.493 e. The van der Waals surface area contributed by atoms with Gasteiger partial charge in [0.2, 0.25) is 47.1 Å². The standard InChI is InChI=1S/C92H118N14O26S2/c1-54(2)85(100-83(117)23-27-93-92(124)132-53-62(73(111)15-12-30-128-9)42-67(110)48-95-81(115)22-19-66(109)47-94-80(114)21-18-65(108)26-33-130-35-34-129-31-11-14-64(107)25-29-105-84(118)46-77(133-10)91(105)123)88(120)96-57(5)74(112)40-58-17-20-69-60(38-58)24-28-104(69)90(122)72-45-63(51-102(72)7)97-87(119)71-39-59(50-101(71)6)41-75(113)86-99-79(52-103(86)8)98-82(116)16-13-32-131-76-43-61-44-78(134(125,126)127)70-36-55(3)49-106(70)89(121)68(61)37-56(76)4/h17,20,24,28,37-39,43,45,50-52,54,57,62,70,77-78,85H,3,11-16,18-19,21-23,25-27,29-36,40-42,44,46-49,53H2,1-2,4-10H3,(H,93,124)(H,94,114)(H,95,115)(H,96,120)(H,97,119)(H,98,116)(H,100,117)(H,125,126,127)/t57-,62?,70-,77?,78?,85-/m0/s1. The Hall–Kier alpha value is -12.5. The van der Waals surface area contributed by atoms with E-state index in [9.17, 15) is 99.3 Å². The van der Waals surface area contributed by atoms with Crippen molar-refractivity contribution in [2.75, 3.05) is 103 Å². The highest BCUT2D eigenvalue weighted by atomic mass is 32.2. The maximum atomic E-state index is 14.2. The van der Waals surface area contributed by atoms with E-state index >= 15 is 0 Å². The summed E-state index contributed by atoms with van der Waals surface area (Å²) in [6.07, 6.45) is 6.65. The summed E-state index contributed by atoms with van der Waals surface area (Å²) in [6.45, 7) is 10.2. The van der Waals surface area contributed by atoms with E-state index in [1.807, 2.05) is 0 Å². The number of aromatic nitrogens is 5. The van der Waals surface area contributed by atoms with Crippen LogP contribution in [0.1, 0.15) is 188 Å². The smallest absolute Gasteiger partial charge is 0.407 e. The van der Waals surface area contributed by atoms with E-state index in [0.717, 1.165) is 4.90 Å². The number of carbonyl (C=O) groups excluding carboxylic acids is 18. The molecule has 3 unspecified atom stereocenters. The second-order valence-corrected chi connectivity index (χ2v) is 36.5. The second kappa shape index (κ2) is 50.0. The lowest BCUT2D eigenvalue weighted by atomic mass is 9.95. The summed E-state index contributed by atoms with van der Waals surface area (Å²) in [5.41, 5.74) is 4.31. The molecule has 42 heteroatoms. The number of thioether (sulfide) groups is 1. The third-order valence-corrected chi connectivity index (χ3v) is 25.1. The number of carbonyl (C=O) groups is 18. The highest BCUT2D eigenvalue weighted by Crippen LogP contribution is 2.37. The fraction of sp³-hybridized carbons (Fsp3) is 0.511. The van der Waals surface area contributed by atoms with E-state index in [1.165, 1.54) is 52.1 Å². The minimum atomic E-state index is -4.54. The zero-order chi connectivity index (χ0) is 97.8. The second-order valence-electron chi connectivity index (χ2n) is 33.8. The van der Waals surface area contributed by atoms with Gasteiger partial charge in [0.25, 0.3) is 27.8 Å². The Kier molecular flexibility index (Phi) is 39.2. The third kappa shape index (κ3) is 30.8. The summed E-state index contributed by atoms with van der Waals surface area (Å²) in [5.74, 6) is -8.46. The molecular formula is C92H118N14O26S2. The van der Waals surface area contributed by atoms with Crippen LogP contribution in [0.4, 0.5) is 16.3 Å². The first kappa shape index (κ1) is 105. The Morgan fingerprint density at radius 1 is 0.642 bits per heavy atom. The number of amides is 10. The molecule has 2 fully saturated rings. The van der Waals surface area contributed by atoms with Crippen molar-refractivity contribution in [2.45, 2.75) is 178 Å². The molecule has 0 aliphatic carbocycles. The lowest BCUT2D eigenvalue weighted by Crippen LogP contribution is -2.53. The van der Waals surface area contributed by atoms with Gasteiger partial charge in [0.05, 0.1) is 74.0 Å². The molecule has 134 heavy (non-hydrogen) atoms. The number of alkyl carbamates (subject to hydrolysis) is 1. The van der Waals surface area contributed by atoms with E-state index in [0.29, 0.717) is 75.2 Å². The third-order valence-electron chi connectivity index (χ3n) is 22.9. The highest BCUT2D eigenvalue weighted by molar-refractivity contribution is 8.00. The van der Waals surface area contributed by atoms with E-state index in [2.05, 4.69) is 48.8 Å². The molecule has 9 rings (SSSR count). The number of hydrogen-bond acceptors (Lipinski definition) is 27. The molecule has 3 aliphatic heterocycles. The Bertz CT molecular complexity index is 5550. The van der Waals surface area contributed by atoms with Gasteiger partial charge in [-0.25, -0.2) is 9.78 Å². The molecule has 8 N–H and O–H groups in total. The number of fused-ring (bicyclic) bond motifs is 3. The minimum absolute atomic E-state index is 0.00491. The van der Waals surface area contributed by atoms with Gasteiger partial charge in [-0.05, 0) is 123 Å². The lowest BCUT2D eigenvalue weighted by Gasteiger charge is -2.26. The number of likely N-dealkylation sites (tertiary alicyclic amines) is 1. The van der Waals surface area contributed by atoms with Crippen molar-refractivity contribution < 1.29 is 123 Å². The van der Waals surface area contributed by atoms with E-state index in [-0.39, 0.29) is 214 Å². The largest absolute Gasteiger partial charge is 0.493 e. The number of imidazole rings is 1. The summed E-state index contributed by atoms with van der Waals surface area (Å²) in [7, 11) is 1.77. The summed E-state index contributed by atoms with van der Waals surface area (Å²) in [6, 6.07) is 10.2. The van der Waals surface area contributed by atoms with Gasteiger partial charge in [0.1, 0.15) is 52.4 Å². The van der Waals surface area contributed by atoms with Crippen molar-refractivity contribution in [2.24, 2.45) is 33.0 Å². The van der Waals surface area contributed by atoms with Gasteiger partial charge in [-0.15, -0.1) is 0 Å². The first-order chi connectivity index (χ1) is 63.7. The predicted molar refractivity (Wildman–Crippen MR) is 488 cm³/mol. The molecule has 0 spiro atoms. The van der Waals surface area contributed by atoms with Crippen molar-refractivity contribution >= 4 is 150 Å². The average molecular weight is 1900 g/mol. The van der Waals surface area contributed by atoms with Gasteiger partial charge in [-0.1, -0.05) is 32.1 Å². The van der Waals surface area contributed by atoms with Crippen LogP contribution < -0.4 is 42.0 Å². The zero-order valence-electron chi connectivity index (χ0n) is 76.7. The molecule has 10 amide bonds.